The summed E-state index contributed by atoms with van der Waals surface area (Å²) >= 11 is 0. The molecule has 0 heterocycles. The number of unbranched alkanes of at least 4 members (excludes halogenated alkanes) is 18. The summed E-state index contributed by atoms with van der Waals surface area (Å²) in [7, 11) is 0. The summed E-state index contributed by atoms with van der Waals surface area (Å²) in [6.45, 7) is 17.8. The van der Waals surface area contributed by atoms with Crippen LogP contribution in [0.4, 0.5) is 0 Å². The number of benzene rings is 10. The highest BCUT2D eigenvalue weighted by Crippen LogP contribution is 2.49. The molecule has 6 nitrogen and oxygen atoms in total. The molecule has 0 saturated carbocycles. The first-order chi connectivity index (χ1) is 47.4. The highest BCUT2D eigenvalue weighted by atomic mass is 16.5. The second-order valence-corrected chi connectivity index (χ2v) is 26.4. The van der Waals surface area contributed by atoms with Gasteiger partial charge in [-0.15, -0.1) is 0 Å². The quantitative estimate of drug-likeness (QED) is 0.0281. The molecule has 0 spiro atoms. The molecule has 0 bridgehead atoms. The van der Waals surface area contributed by atoms with E-state index in [1.165, 1.54) is 148 Å². The Bertz CT molecular complexity index is 3230. The van der Waals surface area contributed by atoms with Gasteiger partial charge in [0.25, 0.3) is 0 Å². The molecule has 0 aliphatic rings. The Morgan fingerprint density at radius 1 is 0.167 bits per heavy atom. The van der Waals surface area contributed by atoms with Gasteiger partial charge in [0.2, 0.25) is 0 Å². The predicted molar refractivity (Wildman–Crippen MR) is 409 cm³/mol. The van der Waals surface area contributed by atoms with Gasteiger partial charge in [-0.25, -0.2) is 0 Å². The van der Waals surface area contributed by atoms with Gasteiger partial charge in [-0.3, -0.25) is 0 Å². The molecule has 0 radical (unpaired) electrons. The average Bonchev–Trinajstić information content (AvgIpc) is 0.715. The van der Waals surface area contributed by atoms with Crippen LogP contribution in [0.15, 0.2) is 182 Å². The summed E-state index contributed by atoms with van der Waals surface area (Å²) in [5, 5.41) is 7.07. The van der Waals surface area contributed by atoms with Gasteiger partial charge in [0.15, 0.2) is 0 Å². The van der Waals surface area contributed by atoms with Crippen LogP contribution in [-0.4, -0.2) is 39.6 Å². The van der Waals surface area contributed by atoms with Crippen molar-refractivity contribution < 1.29 is 28.4 Å². The van der Waals surface area contributed by atoms with E-state index in [1.807, 2.05) is 0 Å². The Morgan fingerprint density at radius 2 is 0.302 bits per heavy atom. The van der Waals surface area contributed by atoms with Crippen LogP contribution in [-0.2, 0) is 0 Å². The van der Waals surface area contributed by atoms with Crippen molar-refractivity contribution in [1.29, 1.82) is 0 Å². The smallest absolute Gasteiger partial charge is 0.119 e. The van der Waals surface area contributed by atoms with Crippen molar-refractivity contribution in [2.75, 3.05) is 39.6 Å². The Morgan fingerprint density at radius 3 is 0.427 bits per heavy atom. The SMILES string of the molecule is CCCCCCOc1ccc(-c2cc3c4cc(-c5ccc(OCCCCCC)cc5)c(-c5ccc(OCCCCCC)cc5)cc4c4cc(-c5ccc(OCCCCCC)cc5)c(-c5ccc(OCCCCCC)cc5)cc4c3cc2-c2ccc(OCCCCCC)cc2)cc1. The van der Waals surface area contributed by atoms with Gasteiger partial charge in [0.1, 0.15) is 34.5 Å². The van der Waals surface area contributed by atoms with E-state index in [2.05, 4.69) is 224 Å². The summed E-state index contributed by atoms with van der Waals surface area (Å²) in [5.41, 5.74) is 13.7. The molecule has 0 N–H and O–H groups in total. The Kier molecular flexibility index (Phi) is 27.9. The normalized spacial score (nSPS) is 11.4. The van der Waals surface area contributed by atoms with Crippen molar-refractivity contribution in [3.8, 4) is 101 Å². The van der Waals surface area contributed by atoms with Crippen LogP contribution in [0.3, 0.4) is 0 Å². The minimum absolute atomic E-state index is 0.711. The van der Waals surface area contributed by atoms with Gasteiger partial charge in [0.05, 0.1) is 39.6 Å². The molecule has 0 saturated heterocycles. The molecule has 0 atom stereocenters. The first-order valence-corrected chi connectivity index (χ1v) is 37.3. The van der Waals surface area contributed by atoms with Crippen molar-refractivity contribution in [2.45, 2.75) is 196 Å². The molecule has 6 heteroatoms. The minimum atomic E-state index is 0.711. The molecule has 0 fully saturated rings. The van der Waals surface area contributed by atoms with Crippen molar-refractivity contribution in [3.05, 3.63) is 182 Å². The van der Waals surface area contributed by atoms with Crippen LogP contribution >= 0.6 is 0 Å². The van der Waals surface area contributed by atoms with E-state index in [0.29, 0.717) is 39.6 Å². The van der Waals surface area contributed by atoms with E-state index in [9.17, 15) is 0 Å². The fraction of sp³-hybridized carbons (Fsp3) is 0.400. The van der Waals surface area contributed by atoms with Gasteiger partial charge < -0.3 is 28.4 Å². The molecule has 0 aliphatic heterocycles. The summed E-state index contributed by atoms with van der Waals surface area (Å²) in [4.78, 5) is 0. The molecule has 0 aliphatic carbocycles. The highest BCUT2D eigenvalue weighted by Gasteiger charge is 2.22. The molecule has 10 rings (SSSR count). The number of ether oxygens (including phenoxy) is 6. The summed E-state index contributed by atoms with van der Waals surface area (Å²) in [5.74, 6) is 5.36. The maximum absolute atomic E-state index is 6.40. The number of rotatable bonds is 42. The molecule has 504 valence electrons. The zero-order valence-electron chi connectivity index (χ0n) is 59.0. The number of hydrogen-bond acceptors (Lipinski definition) is 6. The molecular weight excluding hydrogens is 1180 g/mol. The van der Waals surface area contributed by atoms with Gasteiger partial charge >= 0.3 is 0 Å². The maximum atomic E-state index is 6.40. The first kappa shape index (κ1) is 70.6. The van der Waals surface area contributed by atoms with Crippen LogP contribution in [0.5, 0.6) is 34.5 Å². The van der Waals surface area contributed by atoms with Gasteiger partial charge in [0, 0.05) is 0 Å². The maximum Gasteiger partial charge on any atom is 0.119 e. The minimum Gasteiger partial charge on any atom is -0.494 e. The van der Waals surface area contributed by atoms with Crippen molar-refractivity contribution >= 4 is 32.3 Å². The Balaban J connectivity index is 1.22. The lowest BCUT2D eigenvalue weighted by Gasteiger charge is -2.21. The summed E-state index contributed by atoms with van der Waals surface area (Å²) in [6.07, 6.45) is 27.9. The zero-order chi connectivity index (χ0) is 66.5. The third-order valence-corrected chi connectivity index (χ3v) is 18.9. The van der Waals surface area contributed by atoms with Crippen LogP contribution in [0.25, 0.3) is 99.1 Å². The van der Waals surface area contributed by atoms with E-state index in [1.54, 1.807) is 0 Å². The van der Waals surface area contributed by atoms with Gasteiger partial charge in [-0.1, -0.05) is 230 Å². The van der Waals surface area contributed by atoms with Crippen LogP contribution in [0.1, 0.15) is 196 Å². The van der Waals surface area contributed by atoms with E-state index in [0.717, 1.165) is 140 Å². The first-order valence-electron chi connectivity index (χ1n) is 37.3. The monoisotopic (exact) mass is 1280 g/mol. The topological polar surface area (TPSA) is 55.4 Å². The third-order valence-electron chi connectivity index (χ3n) is 18.9. The molecular formula is C90H108O6. The molecule has 96 heavy (non-hydrogen) atoms. The highest BCUT2D eigenvalue weighted by molar-refractivity contribution is 6.29. The lowest BCUT2D eigenvalue weighted by molar-refractivity contribution is 0.305. The lowest BCUT2D eigenvalue weighted by Crippen LogP contribution is -1.98. The zero-order valence-corrected chi connectivity index (χ0v) is 59.0. The molecule has 10 aromatic rings. The van der Waals surface area contributed by atoms with Crippen LogP contribution < -0.4 is 28.4 Å². The average molecular weight is 1290 g/mol. The van der Waals surface area contributed by atoms with Crippen molar-refractivity contribution in [2.24, 2.45) is 0 Å². The van der Waals surface area contributed by atoms with E-state index in [4.69, 9.17) is 28.4 Å². The van der Waals surface area contributed by atoms with Crippen LogP contribution in [0.2, 0.25) is 0 Å². The van der Waals surface area contributed by atoms with E-state index < -0.39 is 0 Å². The van der Waals surface area contributed by atoms with E-state index >= 15 is 0 Å². The van der Waals surface area contributed by atoms with Gasteiger partial charge in [-0.05, 0) is 247 Å². The molecule has 0 aromatic heterocycles. The Hall–Kier alpha value is -8.22. The van der Waals surface area contributed by atoms with E-state index in [-0.39, 0.29) is 0 Å². The lowest BCUT2D eigenvalue weighted by atomic mass is 9.82. The molecule has 10 aromatic carbocycles. The summed E-state index contributed by atoms with van der Waals surface area (Å²) in [6, 6.07) is 67.9. The molecule has 0 amide bonds. The predicted octanol–water partition coefficient (Wildman–Crippen LogP) is 26.9. The molecule has 0 unspecified atom stereocenters. The summed E-state index contributed by atoms with van der Waals surface area (Å²) < 4.78 is 38.4. The third kappa shape index (κ3) is 19.5. The standard InChI is InChI=1S/C90H108O6/c1-7-13-19-25-55-91-73-43-31-67(32-44-73)79-61-85-86(62-80(79)68-33-45-74(46-34-68)92-56-26-20-14-8-2)88-64-82(70-37-49-76(50-38-70)94-58-28-22-16-10-4)84(72-41-53-78(54-42-72)96-60-30-24-18-12-6)66-90(88)89-65-83(71-39-51-77(52-40-71)95-59-29-23-17-11-5)81(63-87(85)89)69-35-47-75(48-36-69)93-57-27-21-15-9-3/h31-54,61-66H,7-30,55-60H2,1-6H3. The van der Waals surface area contributed by atoms with Crippen molar-refractivity contribution in [1.82, 2.24) is 0 Å². The number of fused-ring (bicyclic) bond motifs is 6. The fourth-order valence-electron chi connectivity index (χ4n) is 13.3. The Labute approximate surface area is 576 Å². The second kappa shape index (κ2) is 37.9. The number of hydrogen-bond donors (Lipinski definition) is 0. The van der Waals surface area contributed by atoms with Crippen molar-refractivity contribution in [3.63, 3.8) is 0 Å². The van der Waals surface area contributed by atoms with Gasteiger partial charge in [-0.2, -0.15) is 0 Å². The largest absolute Gasteiger partial charge is 0.494 e. The second-order valence-electron chi connectivity index (χ2n) is 26.4. The fourth-order valence-corrected chi connectivity index (χ4v) is 13.3. The van der Waals surface area contributed by atoms with Crippen LogP contribution in [0, 0.1) is 0 Å².